The minimum absolute atomic E-state index is 0.408. The van der Waals surface area contributed by atoms with Gasteiger partial charge < -0.3 is 19.5 Å². The minimum Gasteiger partial charge on any atom is -0.495 e. The second-order valence-corrected chi connectivity index (χ2v) is 6.02. The summed E-state index contributed by atoms with van der Waals surface area (Å²) in [5, 5.41) is 3.00. The van der Waals surface area contributed by atoms with Gasteiger partial charge in [0.1, 0.15) is 5.75 Å². The highest BCUT2D eigenvalue weighted by molar-refractivity contribution is 7.92. The summed E-state index contributed by atoms with van der Waals surface area (Å²) >= 11 is 0. The smallest absolute Gasteiger partial charge is 0.245 e. The molecular formula is C12H20N2O5S. The highest BCUT2D eigenvalue weighted by Crippen LogP contribution is 2.31. The number of sulfonamides is 1. The molecule has 0 aliphatic carbocycles. The third-order valence-corrected chi connectivity index (χ3v) is 3.25. The predicted octanol–water partition coefficient (Wildman–Crippen LogP) is 1.45. The number of hydrogen-bond donors (Lipinski definition) is 2. The number of hydrogen-bond acceptors (Lipinski definition) is 6. The van der Waals surface area contributed by atoms with Crippen molar-refractivity contribution in [1.29, 1.82) is 0 Å². The summed E-state index contributed by atoms with van der Waals surface area (Å²) in [7, 11) is 1.14. The number of rotatable bonds is 7. The lowest BCUT2D eigenvalue weighted by Crippen LogP contribution is -2.38. The van der Waals surface area contributed by atoms with Gasteiger partial charge in [0.2, 0.25) is 15.9 Å². The van der Waals surface area contributed by atoms with Crippen molar-refractivity contribution in [3.8, 4) is 5.75 Å². The highest BCUT2D eigenvalue weighted by atomic mass is 32.2. The fourth-order valence-corrected chi connectivity index (χ4v) is 2.07. The van der Waals surface area contributed by atoms with Crippen LogP contribution in [0, 0.1) is 0 Å². The van der Waals surface area contributed by atoms with Gasteiger partial charge in [0.25, 0.3) is 0 Å². The van der Waals surface area contributed by atoms with E-state index in [1.807, 2.05) is 0 Å². The molecule has 0 unspecified atom stereocenters. The maximum Gasteiger partial charge on any atom is 0.245 e. The van der Waals surface area contributed by atoms with Crippen molar-refractivity contribution in [2.75, 3.05) is 37.6 Å². The minimum atomic E-state index is -3.35. The third-order valence-electron chi connectivity index (χ3n) is 2.64. The molecule has 0 aliphatic heterocycles. The lowest BCUT2D eigenvalue weighted by molar-refractivity contribution is -0.171. The highest BCUT2D eigenvalue weighted by Gasteiger charge is 2.24. The largest absolute Gasteiger partial charge is 0.495 e. The van der Waals surface area contributed by atoms with E-state index >= 15 is 0 Å². The van der Waals surface area contributed by atoms with E-state index in [9.17, 15) is 8.42 Å². The summed E-state index contributed by atoms with van der Waals surface area (Å²) in [6.45, 7) is 1.68. The Kier molecular flexibility index (Phi) is 5.21. The first-order valence-corrected chi connectivity index (χ1v) is 7.66. The molecule has 0 aliphatic rings. The maximum atomic E-state index is 11.3. The first kappa shape index (κ1) is 16.5. The van der Waals surface area contributed by atoms with Crippen molar-refractivity contribution in [1.82, 2.24) is 0 Å². The van der Waals surface area contributed by atoms with Crippen molar-refractivity contribution >= 4 is 21.4 Å². The molecule has 1 rings (SSSR count). The van der Waals surface area contributed by atoms with E-state index < -0.39 is 15.9 Å². The monoisotopic (exact) mass is 304 g/mol. The Balaban J connectivity index is 3.12. The van der Waals surface area contributed by atoms with Gasteiger partial charge in [0.05, 0.1) is 24.7 Å². The van der Waals surface area contributed by atoms with E-state index in [1.54, 1.807) is 25.1 Å². The maximum absolute atomic E-state index is 11.3. The van der Waals surface area contributed by atoms with Gasteiger partial charge >= 0.3 is 0 Å². The lowest BCUT2D eigenvalue weighted by Gasteiger charge is -2.29. The van der Waals surface area contributed by atoms with E-state index in [2.05, 4.69) is 10.0 Å². The molecule has 2 N–H and O–H groups in total. The second-order valence-electron chi connectivity index (χ2n) is 4.27. The van der Waals surface area contributed by atoms with Crippen LogP contribution in [0.5, 0.6) is 5.75 Å². The van der Waals surface area contributed by atoms with E-state index in [4.69, 9.17) is 14.2 Å². The van der Waals surface area contributed by atoms with Gasteiger partial charge in [-0.15, -0.1) is 0 Å². The van der Waals surface area contributed by atoms with E-state index in [1.165, 1.54) is 21.3 Å². The Morgan fingerprint density at radius 1 is 1.15 bits per heavy atom. The van der Waals surface area contributed by atoms with Crippen molar-refractivity contribution in [2.45, 2.75) is 12.8 Å². The topological polar surface area (TPSA) is 85.9 Å². The number of nitrogens with one attached hydrogen (secondary N) is 2. The van der Waals surface area contributed by atoms with Crippen molar-refractivity contribution in [3.05, 3.63) is 18.2 Å². The zero-order chi connectivity index (χ0) is 15.4. The van der Waals surface area contributed by atoms with E-state index in [0.717, 1.165) is 6.26 Å². The van der Waals surface area contributed by atoms with Crippen LogP contribution in [0.4, 0.5) is 11.4 Å². The molecule has 8 heteroatoms. The standard InChI is InChI=1S/C12H20N2O5S/c1-12(18-3,19-4)13-10-8-9(14-20(5,15)16)6-7-11(10)17-2/h6-8,13-14H,1-5H3. The molecule has 20 heavy (non-hydrogen) atoms. The number of methoxy groups -OCH3 is 3. The normalized spacial score (nSPS) is 12.1. The van der Waals surface area contributed by atoms with Gasteiger partial charge in [-0.3, -0.25) is 4.72 Å². The second kappa shape index (κ2) is 6.29. The first-order valence-electron chi connectivity index (χ1n) is 5.77. The zero-order valence-corrected chi connectivity index (χ0v) is 13.0. The molecule has 1 aromatic rings. The summed E-state index contributed by atoms with van der Waals surface area (Å²) in [5.41, 5.74) is 0.942. The summed E-state index contributed by atoms with van der Waals surface area (Å²) < 4.78 is 40.5. The average Bonchev–Trinajstić information content (AvgIpc) is 2.37. The van der Waals surface area contributed by atoms with Crippen LogP contribution in [-0.2, 0) is 19.5 Å². The Morgan fingerprint density at radius 3 is 2.20 bits per heavy atom. The molecule has 0 spiro atoms. The summed E-state index contributed by atoms with van der Waals surface area (Å²) in [4.78, 5) is 0. The summed E-state index contributed by atoms with van der Waals surface area (Å²) in [6.07, 6.45) is 1.08. The van der Waals surface area contributed by atoms with Crippen molar-refractivity contribution < 1.29 is 22.6 Å². The number of benzene rings is 1. The fraction of sp³-hybridized carbons (Fsp3) is 0.500. The van der Waals surface area contributed by atoms with Gasteiger partial charge in [-0.05, 0) is 18.2 Å². The molecule has 0 atom stereocenters. The lowest BCUT2D eigenvalue weighted by atomic mass is 10.2. The van der Waals surface area contributed by atoms with Crippen LogP contribution in [0.3, 0.4) is 0 Å². The Hall–Kier alpha value is -1.51. The SMILES string of the molecule is COc1ccc(NS(C)(=O)=O)cc1NC(C)(OC)OC. The Morgan fingerprint density at radius 2 is 1.75 bits per heavy atom. The van der Waals surface area contributed by atoms with Crippen LogP contribution in [0.1, 0.15) is 6.92 Å². The van der Waals surface area contributed by atoms with Gasteiger partial charge in [0, 0.05) is 21.1 Å². The molecule has 0 aromatic heterocycles. The average molecular weight is 304 g/mol. The molecule has 0 heterocycles. The third kappa shape index (κ3) is 4.55. The molecule has 114 valence electrons. The number of anilines is 2. The molecule has 0 amide bonds. The van der Waals surface area contributed by atoms with E-state index in [0.29, 0.717) is 17.1 Å². The van der Waals surface area contributed by atoms with Crippen LogP contribution < -0.4 is 14.8 Å². The van der Waals surface area contributed by atoms with Gasteiger partial charge in [-0.1, -0.05) is 0 Å². The predicted molar refractivity (Wildman–Crippen MR) is 77.5 cm³/mol. The van der Waals surface area contributed by atoms with Crippen LogP contribution in [0.15, 0.2) is 18.2 Å². The molecule has 0 radical (unpaired) electrons. The molecule has 0 saturated heterocycles. The molecule has 0 bridgehead atoms. The summed E-state index contributed by atoms with van der Waals surface area (Å²) in [6, 6.07) is 4.83. The molecule has 7 nitrogen and oxygen atoms in total. The first-order chi connectivity index (χ1) is 9.23. The van der Waals surface area contributed by atoms with E-state index in [-0.39, 0.29) is 0 Å². The molecule has 1 aromatic carbocycles. The van der Waals surface area contributed by atoms with Crippen molar-refractivity contribution in [3.63, 3.8) is 0 Å². The number of ether oxygens (including phenoxy) is 3. The van der Waals surface area contributed by atoms with Crippen LogP contribution in [-0.4, -0.2) is 41.9 Å². The quantitative estimate of drug-likeness (QED) is 0.742. The van der Waals surface area contributed by atoms with Gasteiger partial charge in [0.15, 0.2) is 0 Å². The molecular weight excluding hydrogens is 284 g/mol. The van der Waals surface area contributed by atoms with Gasteiger partial charge in [-0.25, -0.2) is 8.42 Å². The fourth-order valence-electron chi connectivity index (χ4n) is 1.51. The van der Waals surface area contributed by atoms with Crippen LogP contribution in [0.25, 0.3) is 0 Å². The molecule has 0 saturated carbocycles. The Bertz CT molecular complexity index is 555. The molecule has 0 fully saturated rings. The van der Waals surface area contributed by atoms with Crippen LogP contribution in [0.2, 0.25) is 0 Å². The zero-order valence-electron chi connectivity index (χ0n) is 12.2. The Labute approximate surface area is 119 Å². The van der Waals surface area contributed by atoms with Crippen LogP contribution >= 0.6 is 0 Å². The van der Waals surface area contributed by atoms with Gasteiger partial charge in [-0.2, -0.15) is 0 Å². The summed E-state index contributed by atoms with van der Waals surface area (Å²) in [5.74, 6) is -0.527. The van der Waals surface area contributed by atoms with Crippen molar-refractivity contribution in [2.24, 2.45) is 0 Å².